The third-order valence-electron chi connectivity index (χ3n) is 7.70. The average molecular weight is 516 g/mol. The van der Waals surface area contributed by atoms with Crippen molar-refractivity contribution >= 4 is 27.5 Å². The van der Waals surface area contributed by atoms with Crippen LogP contribution >= 0.6 is 0 Å². The number of hydrogen-bond acceptors (Lipinski definition) is 7. The SMILES string of the molecule is Cc1cc2c(N3C[C@H]4CC[C@@H](C3)N4)nc(OCCCN(C)C)nc2c(F)c1-c1cc(O)cc2ccccc12. The molecular weight excluding hydrogens is 481 g/mol. The number of halogens is 1. The van der Waals surface area contributed by atoms with Crippen LogP contribution in [0.4, 0.5) is 10.2 Å². The van der Waals surface area contributed by atoms with Crippen molar-refractivity contribution in [2.75, 3.05) is 45.2 Å². The summed E-state index contributed by atoms with van der Waals surface area (Å²) in [7, 11) is 4.04. The Morgan fingerprint density at radius 2 is 1.84 bits per heavy atom. The van der Waals surface area contributed by atoms with Gasteiger partial charge in [-0.3, -0.25) is 0 Å². The lowest BCUT2D eigenvalue weighted by molar-refractivity contribution is 0.264. The van der Waals surface area contributed by atoms with Crippen LogP contribution in [0.15, 0.2) is 42.5 Å². The smallest absolute Gasteiger partial charge is 0.319 e. The number of rotatable bonds is 7. The predicted octanol–water partition coefficient (Wildman–Crippen LogP) is 4.87. The van der Waals surface area contributed by atoms with E-state index >= 15 is 4.39 Å². The average Bonchev–Trinajstić information content (AvgIpc) is 3.23. The number of phenolic OH excluding ortho intramolecular Hbond substituents is 1. The summed E-state index contributed by atoms with van der Waals surface area (Å²) < 4.78 is 22.6. The molecule has 2 saturated heterocycles. The summed E-state index contributed by atoms with van der Waals surface area (Å²) in [5.74, 6) is 0.406. The number of piperazine rings is 1. The fraction of sp³-hybridized carbons (Fsp3) is 0.400. The van der Waals surface area contributed by atoms with Crippen LogP contribution in [0, 0.1) is 12.7 Å². The maximum atomic E-state index is 16.6. The highest BCUT2D eigenvalue weighted by Crippen LogP contribution is 2.40. The van der Waals surface area contributed by atoms with E-state index in [1.807, 2.05) is 51.4 Å². The molecule has 6 rings (SSSR count). The van der Waals surface area contributed by atoms with Crippen molar-refractivity contribution in [2.24, 2.45) is 0 Å². The first kappa shape index (κ1) is 24.8. The highest BCUT2D eigenvalue weighted by atomic mass is 19.1. The van der Waals surface area contributed by atoms with Gasteiger partial charge in [-0.25, -0.2) is 4.39 Å². The van der Waals surface area contributed by atoms with Gasteiger partial charge >= 0.3 is 6.01 Å². The van der Waals surface area contributed by atoms with Gasteiger partial charge in [-0.05, 0) is 80.4 Å². The molecule has 0 amide bonds. The molecule has 7 nitrogen and oxygen atoms in total. The molecule has 2 atom stereocenters. The molecule has 4 aromatic rings. The van der Waals surface area contributed by atoms with E-state index in [1.54, 1.807) is 12.1 Å². The number of ether oxygens (including phenoxy) is 1. The molecule has 0 unspecified atom stereocenters. The van der Waals surface area contributed by atoms with Crippen LogP contribution in [0.2, 0.25) is 0 Å². The van der Waals surface area contributed by atoms with Crippen molar-refractivity contribution in [3.05, 3.63) is 53.8 Å². The third kappa shape index (κ3) is 4.63. The molecule has 0 saturated carbocycles. The van der Waals surface area contributed by atoms with Crippen LogP contribution in [0.3, 0.4) is 0 Å². The molecule has 3 heterocycles. The number of anilines is 1. The summed E-state index contributed by atoms with van der Waals surface area (Å²) in [6, 6.07) is 14.1. The first-order valence-electron chi connectivity index (χ1n) is 13.4. The number of aryl methyl sites for hydroxylation is 1. The number of nitrogens with one attached hydrogen (secondary N) is 1. The van der Waals surface area contributed by atoms with Gasteiger partial charge in [0.15, 0.2) is 5.82 Å². The second-order valence-electron chi connectivity index (χ2n) is 10.9. The number of aromatic nitrogens is 2. The molecule has 2 fully saturated rings. The molecule has 3 aromatic carbocycles. The minimum atomic E-state index is -0.421. The van der Waals surface area contributed by atoms with Crippen molar-refractivity contribution in [3.63, 3.8) is 0 Å². The molecule has 0 radical (unpaired) electrons. The summed E-state index contributed by atoms with van der Waals surface area (Å²) >= 11 is 0. The van der Waals surface area contributed by atoms with E-state index < -0.39 is 5.82 Å². The maximum Gasteiger partial charge on any atom is 0.319 e. The van der Waals surface area contributed by atoms with E-state index in [9.17, 15) is 5.11 Å². The lowest BCUT2D eigenvalue weighted by Crippen LogP contribution is -2.51. The Hall–Kier alpha value is -3.49. The van der Waals surface area contributed by atoms with E-state index in [1.165, 1.54) is 0 Å². The number of hydrogen-bond donors (Lipinski definition) is 2. The van der Waals surface area contributed by atoms with Crippen molar-refractivity contribution in [3.8, 4) is 22.9 Å². The molecule has 2 aliphatic rings. The van der Waals surface area contributed by atoms with Gasteiger partial charge in [0.25, 0.3) is 0 Å². The van der Waals surface area contributed by atoms with Crippen LogP contribution in [-0.2, 0) is 0 Å². The number of fused-ring (bicyclic) bond motifs is 4. The van der Waals surface area contributed by atoms with Gasteiger partial charge in [-0.15, -0.1) is 0 Å². The standard InChI is InChI=1S/C30H34FN5O2/c1-18-13-25-28(27(31)26(18)24-15-22(37)14-19-7-4-5-8-23(19)24)33-30(38-12-6-11-35(2)3)34-29(25)36-16-20-9-10-21(17-36)32-20/h4-5,7-8,13-15,20-21,32,37H,6,9-12,16-17H2,1-3H3/t20-,21+. The molecule has 0 aliphatic carbocycles. The van der Waals surface area contributed by atoms with E-state index in [0.29, 0.717) is 35.2 Å². The van der Waals surface area contributed by atoms with Crippen molar-refractivity contribution in [2.45, 2.75) is 38.3 Å². The van der Waals surface area contributed by atoms with Crippen molar-refractivity contribution in [1.29, 1.82) is 0 Å². The molecular formula is C30H34FN5O2. The topological polar surface area (TPSA) is 73.8 Å². The van der Waals surface area contributed by atoms with Gasteiger partial charge in [-0.2, -0.15) is 9.97 Å². The maximum absolute atomic E-state index is 16.6. The Balaban J connectivity index is 1.50. The highest BCUT2D eigenvalue weighted by molar-refractivity contribution is 6.02. The minimum Gasteiger partial charge on any atom is -0.508 e. The first-order valence-corrected chi connectivity index (χ1v) is 13.4. The molecule has 2 aliphatic heterocycles. The molecule has 0 spiro atoms. The van der Waals surface area contributed by atoms with E-state index in [0.717, 1.165) is 61.1 Å². The highest BCUT2D eigenvalue weighted by Gasteiger charge is 2.34. The lowest BCUT2D eigenvalue weighted by atomic mass is 9.93. The van der Waals surface area contributed by atoms with Gasteiger partial charge in [0.2, 0.25) is 0 Å². The number of nitrogens with zero attached hydrogens (tertiary/aromatic N) is 4. The second kappa shape index (κ2) is 10.0. The number of benzene rings is 3. The molecule has 1 aromatic heterocycles. The first-order chi connectivity index (χ1) is 18.4. The van der Waals surface area contributed by atoms with E-state index in [2.05, 4.69) is 20.1 Å². The lowest BCUT2D eigenvalue weighted by Gasteiger charge is -2.34. The predicted molar refractivity (Wildman–Crippen MR) is 150 cm³/mol. The Kier molecular flexibility index (Phi) is 6.53. The number of phenols is 1. The summed E-state index contributed by atoms with van der Waals surface area (Å²) in [5, 5.41) is 16.5. The second-order valence-corrected chi connectivity index (χ2v) is 10.9. The monoisotopic (exact) mass is 515 g/mol. The summed E-state index contributed by atoms with van der Waals surface area (Å²) in [5.41, 5.74) is 2.10. The van der Waals surface area contributed by atoms with Crippen LogP contribution in [0.1, 0.15) is 24.8 Å². The van der Waals surface area contributed by atoms with E-state index in [-0.39, 0.29) is 17.3 Å². The molecule has 38 heavy (non-hydrogen) atoms. The fourth-order valence-corrected chi connectivity index (χ4v) is 5.97. The van der Waals surface area contributed by atoms with Crippen LogP contribution < -0.4 is 15.0 Å². The minimum absolute atomic E-state index is 0.0992. The molecule has 8 heteroatoms. The van der Waals surface area contributed by atoms with E-state index in [4.69, 9.17) is 9.72 Å². The van der Waals surface area contributed by atoms with Gasteiger partial charge in [0, 0.05) is 42.7 Å². The van der Waals surface area contributed by atoms with Gasteiger partial charge < -0.3 is 25.0 Å². The zero-order valence-electron chi connectivity index (χ0n) is 22.2. The Morgan fingerprint density at radius 1 is 1.08 bits per heavy atom. The molecule has 2 N–H and O–H groups in total. The van der Waals surface area contributed by atoms with Gasteiger partial charge in [0.1, 0.15) is 17.1 Å². The summed E-state index contributed by atoms with van der Waals surface area (Å²) in [4.78, 5) is 13.8. The fourth-order valence-electron chi connectivity index (χ4n) is 5.97. The molecule has 2 bridgehead atoms. The van der Waals surface area contributed by atoms with Crippen LogP contribution in [-0.4, -0.2) is 72.4 Å². The quantitative estimate of drug-likeness (QED) is 0.340. The molecule has 198 valence electrons. The Labute approximate surface area is 222 Å². The zero-order chi connectivity index (χ0) is 26.4. The number of aromatic hydroxyl groups is 1. The van der Waals surface area contributed by atoms with Crippen molar-refractivity contribution < 1.29 is 14.2 Å². The van der Waals surface area contributed by atoms with Gasteiger partial charge in [0.05, 0.1) is 6.61 Å². The normalized spacial score (nSPS) is 19.1. The Morgan fingerprint density at radius 3 is 2.61 bits per heavy atom. The largest absolute Gasteiger partial charge is 0.508 e. The van der Waals surface area contributed by atoms with Crippen LogP contribution in [0.5, 0.6) is 11.8 Å². The summed E-state index contributed by atoms with van der Waals surface area (Å²) in [6.07, 6.45) is 3.10. The Bertz CT molecular complexity index is 1500. The zero-order valence-corrected chi connectivity index (χ0v) is 22.2. The van der Waals surface area contributed by atoms with Crippen LogP contribution in [0.25, 0.3) is 32.8 Å². The summed E-state index contributed by atoms with van der Waals surface area (Å²) in [6.45, 7) is 4.88. The van der Waals surface area contributed by atoms with Gasteiger partial charge in [-0.1, -0.05) is 24.3 Å². The third-order valence-corrected chi connectivity index (χ3v) is 7.70. The van der Waals surface area contributed by atoms with Crippen molar-refractivity contribution in [1.82, 2.24) is 20.2 Å².